The van der Waals surface area contributed by atoms with Crippen LogP contribution in [0.15, 0.2) is 24.5 Å². The van der Waals surface area contributed by atoms with Gasteiger partial charge in [-0.25, -0.2) is 4.98 Å². The second kappa shape index (κ2) is 2.76. The standard InChI is InChI=1S/C10H13N3/c1-7(2)13-6-12-10-8(11)4-3-5-9(10)13/h3-7H,11H2,1-2H3. The van der Waals surface area contributed by atoms with Crippen LogP contribution in [0.4, 0.5) is 5.69 Å². The van der Waals surface area contributed by atoms with Crippen molar-refractivity contribution in [2.45, 2.75) is 19.9 Å². The van der Waals surface area contributed by atoms with Gasteiger partial charge in [-0.1, -0.05) is 6.07 Å². The minimum Gasteiger partial charge on any atom is -0.397 e. The summed E-state index contributed by atoms with van der Waals surface area (Å²) in [6.45, 7) is 4.26. The molecule has 13 heavy (non-hydrogen) atoms. The molecular weight excluding hydrogens is 162 g/mol. The number of benzene rings is 1. The molecule has 2 rings (SSSR count). The van der Waals surface area contributed by atoms with Crippen molar-refractivity contribution >= 4 is 16.7 Å². The fourth-order valence-electron chi connectivity index (χ4n) is 1.49. The van der Waals surface area contributed by atoms with Crippen molar-refractivity contribution in [3.63, 3.8) is 0 Å². The predicted molar refractivity (Wildman–Crippen MR) is 54.5 cm³/mol. The number of nitrogen functional groups attached to an aromatic ring is 1. The van der Waals surface area contributed by atoms with Gasteiger partial charge in [0, 0.05) is 6.04 Å². The predicted octanol–water partition coefficient (Wildman–Crippen LogP) is 2.20. The molecule has 0 saturated heterocycles. The van der Waals surface area contributed by atoms with Gasteiger partial charge >= 0.3 is 0 Å². The summed E-state index contributed by atoms with van der Waals surface area (Å²) in [5, 5.41) is 0. The van der Waals surface area contributed by atoms with Crippen molar-refractivity contribution in [1.82, 2.24) is 9.55 Å². The molecule has 0 bridgehead atoms. The first-order valence-electron chi connectivity index (χ1n) is 4.41. The number of hydrogen-bond donors (Lipinski definition) is 1. The molecule has 2 N–H and O–H groups in total. The Morgan fingerprint density at radius 3 is 2.85 bits per heavy atom. The maximum atomic E-state index is 5.79. The van der Waals surface area contributed by atoms with E-state index in [4.69, 9.17) is 5.73 Å². The van der Waals surface area contributed by atoms with Gasteiger partial charge in [-0.15, -0.1) is 0 Å². The first-order chi connectivity index (χ1) is 6.20. The summed E-state index contributed by atoms with van der Waals surface area (Å²) >= 11 is 0. The van der Waals surface area contributed by atoms with E-state index in [-0.39, 0.29) is 0 Å². The number of nitrogens with zero attached hydrogens (tertiary/aromatic N) is 2. The van der Waals surface area contributed by atoms with Gasteiger partial charge < -0.3 is 10.3 Å². The van der Waals surface area contributed by atoms with Gasteiger partial charge in [-0.3, -0.25) is 0 Å². The number of fused-ring (bicyclic) bond motifs is 1. The van der Waals surface area contributed by atoms with E-state index in [1.165, 1.54) is 0 Å². The number of imidazole rings is 1. The maximum absolute atomic E-state index is 5.79. The van der Waals surface area contributed by atoms with Gasteiger partial charge in [0.2, 0.25) is 0 Å². The van der Waals surface area contributed by atoms with Crippen LogP contribution in [0.25, 0.3) is 11.0 Å². The minimum atomic E-state index is 0.423. The summed E-state index contributed by atoms with van der Waals surface area (Å²) in [7, 11) is 0. The smallest absolute Gasteiger partial charge is 0.111 e. The van der Waals surface area contributed by atoms with Crippen LogP contribution in [0.5, 0.6) is 0 Å². The Bertz CT molecular complexity index is 429. The highest BCUT2D eigenvalue weighted by Crippen LogP contribution is 2.21. The number of rotatable bonds is 1. The average Bonchev–Trinajstić information content (AvgIpc) is 2.48. The Morgan fingerprint density at radius 2 is 2.15 bits per heavy atom. The van der Waals surface area contributed by atoms with E-state index in [2.05, 4.69) is 23.4 Å². The molecule has 0 amide bonds. The molecule has 3 heteroatoms. The zero-order valence-electron chi connectivity index (χ0n) is 7.86. The molecule has 0 fully saturated rings. The van der Waals surface area contributed by atoms with Crippen LogP contribution >= 0.6 is 0 Å². The number of anilines is 1. The highest BCUT2D eigenvalue weighted by Gasteiger charge is 2.06. The zero-order valence-corrected chi connectivity index (χ0v) is 7.86. The summed E-state index contributed by atoms with van der Waals surface area (Å²) in [5.41, 5.74) is 8.55. The Balaban J connectivity index is 2.75. The van der Waals surface area contributed by atoms with Gasteiger partial charge in [-0.05, 0) is 26.0 Å². The molecule has 68 valence electrons. The summed E-state index contributed by atoms with van der Waals surface area (Å²) in [4.78, 5) is 4.28. The summed E-state index contributed by atoms with van der Waals surface area (Å²) in [5.74, 6) is 0. The normalized spacial score (nSPS) is 11.3. The zero-order chi connectivity index (χ0) is 9.42. The molecular formula is C10H13N3. The second-order valence-electron chi connectivity index (χ2n) is 3.46. The molecule has 0 spiro atoms. The van der Waals surface area contributed by atoms with E-state index in [0.29, 0.717) is 6.04 Å². The van der Waals surface area contributed by atoms with Crippen LogP contribution in [-0.2, 0) is 0 Å². The van der Waals surface area contributed by atoms with Crippen LogP contribution in [0.3, 0.4) is 0 Å². The van der Waals surface area contributed by atoms with Crippen LogP contribution < -0.4 is 5.73 Å². The Kier molecular flexibility index (Phi) is 1.72. The lowest BCUT2D eigenvalue weighted by atomic mass is 10.2. The Morgan fingerprint density at radius 1 is 1.38 bits per heavy atom. The molecule has 0 aliphatic rings. The van der Waals surface area contributed by atoms with E-state index in [1.807, 2.05) is 24.5 Å². The fraction of sp³-hybridized carbons (Fsp3) is 0.300. The molecule has 0 atom stereocenters. The van der Waals surface area contributed by atoms with E-state index >= 15 is 0 Å². The van der Waals surface area contributed by atoms with Crippen molar-refractivity contribution in [2.24, 2.45) is 0 Å². The lowest BCUT2D eigenvalue weighted by molar-refractivity contribution is 0.617. The van der Waals surface area contributed by atoms with Gasteiger partial charge in [0.05, 0.1) is 17.5 Å². The molecule has 0 saturated carbocycles. The van der Waals surface area contributed by atoms with E-state index in [0.717, 1.165) is 16.7 Å². The molecule has 0 unspecified atom stereocenters. The summed E-state index contributed by atoms with van der Waals surface area (Å²) in [6.07, 6.45) is 1.84. The highest BCUT2D eigenvalue weighted by molar-refractivity contribution is 5.87. The largest absolute Gasteiger partial charge is 0.397 e. The third-order valence-electron chi connectivity index (χ3n) is 2.19. The number of aromatic nitrogens is 2. The molecule has 0 aliphatic heterocycles. The SMILES string of the molecule is CC(C)n1cnc2c(N)cccc21. The molecule has 2 aromatic rings. The molecule has 1 aromatic heterocycles. The first kappa shape index (κ1) is 8.10. The van der Waals surface area contributed by atoms with Gasteiger partial charge in [0.25, 0.3) is 0 Å². The first-order valence-corrected chi connectivity index (χ1v) is 4.41. The van der Waals surface area contributed by atoms with E-state index in [9.17, 15) is 0 Å². The monoisotopic (exact) mass is 175 g/mol. The molecule has 1 heterocycles. The highest BCUT2D eigenvalue weighted by atomic mass is 15.1. The van der Waals surface area contributed by atoms with Gasteiger partial charge in [0.15, 0.2) is 0 Å². The number of nitrogens with two attached hydrogens (primary N) is 1. The van der Waals surface area contributed by atoms with Crippen molar-refractivity contribution in [3.8, 4) is 0 Å². The van der Waals surface area contributed by atoms with Crippen molar-refractivity contribution in [1.29, 1.82) is 0 Å². The number of hydrogen-bond acceptors (Lipinski definition) is 2. The van der Waals surface area contributed by atoms with E-state index in [1.54, 1.807) is 0 Å². The Labute approximate surface area is 77.2 Å². The van der Waals surface area contributed by atoms with Gasteiger partial charge in [-0.2, -0.15) is 0 Å². The van der Waals surface area contributed by atoms with E-state index < -0.39 is 0 Å². The van der Waals surface area contributed by atoms with Crippen molar-refractivity contribution in [2.75, 3.05) is 5.73 Å². The second-order valence-corrected chi connectivity index (χ2v) is 3.46. The topological polar surface area (TPSA) is 43.8 Å². The van der Waals surface area contributed by atoms with Gasteiger partial charge in [0.1, 0.15) is 5.52 Å². The number of para-hydroxylation sites is 1. The Hall–Kier alpha value is -1.51. The molecule has 1 aromatic carbocycles. The summed E-state index contributed by atoms with van der Waals surface area (Å²) < 4.78 is 2.12. The maximum Gasteiger partial charge on any atom is 0.111 e. The average molecular weight is 175 g/mol. The molecule has 3 nitrogen and oxygen atoms in total. The lowest BCUT2D eigenvalue weighted by Gasteiger charge is -2.07. The summed E-state index contributed by atoms with van der Waals surface area (Å²) in [6, 6.07) is 6.29. The molecule has 0 aliphatic carbocycles. The third kappa shape index (κ3) is 1.16. The fourth-order valence-corrected chi connectivity index (χ4v) is 1.49. The lowest BCUT2D eigenvalue weighted by Crippen LogP contribution is -1.98. The minimum absolute atomic E-state index is 0.423. The van der Waals surface area contributed by atoms with Crippen LogP contribution in [-0.4, -0.2) is 9.55 Å². The van der Waals surface area contributed by atoms with Crippen molar-refractivity contribution < 1.29 is 0 Å². The van der Waals surface area contributed by atoms with Crippen LogP contribution in [0.1, 0.15) is 19.9 Å². The molecule has 0 radical (unpaired) electrons. The van der Waals surface area contributed by atoms with Crippen LogP contribution in [0.2, 0.25) is 0 Å². The van der Waals surface area contributed by atoms with Crippen molar-refractivity contribution in [3.05, 3.63) is 24.5 Å². The quantitative estimate of drug-likeness (QED) is 0.675. The third-order valence-corrected chi connectivity index (χ3v) is 2.19. The van der Waals surface area contributed by atoms with Crippen LogP contribution in [0, 0.1) is 0 Å².